The minimum Gasteiger partial charge on any atom is -0.356 e. The summed E-state index contributed by atoms with van der Waals surface area (Å²) >= 11 is 0. The van der Waals surface area contributed by atoms with E-state index in [0.717, 1.165) is 23.2 Å². The Morgan fingerprint density at radius 1 is 1.43 bits per heavy atom. The van der Waals surface area contributed by atoms with Gasteiger partial charge in [0.15, 0.2) is 0 Å². The maximum absolute atomic E-state index is 12.2. The third kappa shape index (κ3) is 3.42. The van der Waals surface area contributed by atoms with Gasteiger partial charge in [0.1, 0.15) is 0 Å². The lowest BCUT2D eigenvalue weighted by molar-refractivity contribution is -0.126. The summed E-state index contributed by atoms with van der Waals surface area (Å²) in [5, 5.41) is 2.85. The molecule has 1 unspecified atom stereocenters. The zero-order valence-corrected chi connectivity index (χ0v) is 12.7. The number of carbonyl (C=O) groups is 2. The molecule has 114 valence electrons. The predicted molar refractivity (Wildman–Crippen MR) is 83.1 cm³/mol. The fraction of sp³-hybridized carbons (Fsp3) is 0.500. The zero-order valence-electron chi connectivity index (χ0n) is 12.7. The largest absolute Gasteiger partial charge is 0.356 e. The minimum atomic E-state index is -0.268. The number of aryl methyl sites for hydroxylation is 1. The van der Waals surface area contributed by atoms with Crippen molar-refractivity contribution in [3.05, 3.63) is 29.3 Å². The molecule has 0 bridgehead atoms. The highest BCUT2D eigenvalue weighted by Crippen LogP contribution is 2.29. The fourth-order valence-electron chi connectivity index (χ4n) is 2.60. The smallest absolute Gasteiger partial charge is 0.227 e. The van der Waals surface area contributed by atoms with E-state index in [1.165, 1.54) is 0 Å². The summed E-state index contributed by atoms with van der Waals surface area (Å²) in [6, 6.07) is 5.91. The van der Waals surface area contributed by atoms with Crippen LogP contribution in [0.2, 0.25) is 0 Å². The van der Waals surface area contributed by atoms with E-state index in [1.54, 1.807) is 4.90 Å². The minimum absolute atomic E-state index is 0.0164. The summed E-state index contributed by atoms with van der Waals surface area (Å²) in [4.78, 5) is 26.0. The van der Waals surface area contributed by atoms with Gasteiger partial charge in [-0.2, -0.15) is 0 Å². The second-order valence-electron chi connectivity index (χ2n) is 5.56. The van der Waals surface area contributed by atoms with E-state index in [-0.39, 0.29) is 24.2 Å². The number of carbonyl (C=O) groups excluding carboxylic acids is 2. The SMILES string of the molecule is Cc1cccc(N2CC(C(=O)NCCCN)CC2=O)c1C. The molecular formula is C16H23N3O2. The van der Waals surface area contributed by atoms with Crippen molar-refractivity contribution in [3.63, 3.8) is 0 Å². The summed E-state index contributed by atoms with van der Waals surface area (Å²) in [7, 11) is 0. The number of anilines is 1. The van der Waals surface area contributed by atoms with Crippen LogP contribution in [0.25, 0.3) is 0 Å². The van der Waals surface area contributed by atoms with Gasteiger partial charge in [-0.05, 0) is 44.0 Å². The van der Waals surface area contributed by atoms with E-state index in [0.29, 0.717) is 19.6 Å². The molecule has 1 aromatic carbocycles. The van der Waals surface area contributed by atoms with E-state index in [4.69, 9.17) is 5.73 Å². The van der Waals surface area contributed by atoms with E-state index < -0.39 is 0 Å². The Morgan fingerprint density at radius 2 is 2.19 bits per heavy atom. The lowest BCUT2D eigenvalue weighted by atomic mass is 10.1. The Bertz CT molecular complexity index is 542. The third-order valence-electron chi connectivity index (χ3n) is 4.04. The van der Waals surface area contributed by atoms with Crippen molar-refractivity contribution in [1.82, 2.24) is 5.32 Å². The molecule has 1 aliphatic rings. The molecule has 0 spiro atoms. The van der Waals surface area contributed by atoms with E-state index in [9.17, 15) is 9.59 Å². The number of rotatable bonds is 5. The molecule has 1 aromatic rings. The molecule has 21 heavy (non-hydrogen) atoms. The maximum atomic E-state index is 12.2. The lowest BCUT2D eigenvalue weighted by Gasteiger charge is -2.20. The number of nitrogens with zero attached hydrogens (tertiary/aromatic N) is 1. The average Bonchev–Trinajstić information content (AvgIpc) is 2.84. The van der Waals surface area contributed by atoms with Crippen LogP contribution in [0.5, 0.6) is 0 Å². The zero-order chi connectivity index (χ0) is 15.4. The van der Waals surface area contributed by atoms with Gasteiger partial charge >= 0.3 is 0 Å². The van der Waals surface area contributed by atoms with Gasteiger partial charge in [-0.15, -0.1) is 0 Å². The predicted octanol–water partition coefficient (Wildman–Crippen LogP) is 1.12. The second-order valence-corrected chi connectivity index (χ2v) is 5.56. The molecule has 5 nitrogen and oxygen atoms in total. The molecule has 2 amide bonds. The van der Waals surface area contributed by atoms with Crippen molar-refractivity contribution in [3.8, 4) is 0 Å². The van der Waals surface area contributed by atoms with Crippen molar-refractivity contribution in [2.75, 3.05) is 24.5 Å². The first-order valence-corrected chi connectivity index (χ1v) is 7.39. The Hall–Kier alpha value is -1.88. The molecule has 1 atom stereocenters. The van der Waals surface area contributed by atoms with E-state index in [1.807, 2.05) is 32.0 Å². The number of nitrogens with two attached hydrogens (primary N) is 1. The topological polar surface area (TPSA) is 75.4 Å². The van der Waals surface area contributed by atoms with Crippen molar-refractivity contribution in [1.29, 1.82) is 0 Å². The first-order valence-electron chi connectivity index (χ1n) is 7.39. The number of nitrogens with one attached hydrogen (secondary N) is 1. The van der Waals surface area contributed by atoms with Crippen LogP contribution in [0.4, 0.5) is 5.69 Å². The number of hydrogen-bond acceptors (Lipinski definition) is 3. The van der Waals surface area contributed by atoms with Gasteiger partial charge in [-0.1, -0.05) is 12.1 Å². The Balaban J connectivity index is 2.06. The molecule has 1 heterocycles. The summed E-state index contributed by atoms with van der Waals surface area (Å²) in [6.07, 6.45) is 1.04. The van der Waals surface area contributed by atoms with Crippen LogP contribution in [0.3, 0.4) is 0 Å². The van der Waals surface area contributed by atoms with Gasteiger partial charge < -0.3 is 16.0 Å². The molecule has 1 saturated heterocycles. The fourth-order valence-corrected chi connectivity index (χ4v) is 2.60. The molecule has 0 aliphatic carbocycles. The highest BCUT2D eigenvalue weighted by molar-refractivity contribution is 6.00. The van der Waals surface area contributed by atoms with Gasteiger partial charge in [0.2, 0.25) is 11.8 Å². The molecule has 0 radical (unpaired) electrons. The Morgan fingerprint density at radius 3 is 2.90 bits per heavy atom. The van der Waals surface area contributed by atoms with Gasteiger partial charge in [-0.25, -0.2) is 0 Å². The average molecular weight is 289 g/mol. The van der Waals surface area contributed by atoms with Crippen LogP contribution in [0.15, 0.2) is 18.2 Å². The van der Waals surface area contributed by atoms with Crippen molar-refractivity contribution < 1.29 is 9.59 Å². The Labute approximate surface area is 125 Å². The molecule has 1 aliphatic heterocycles. The molecule has 2 rings (SSSR count). The van der Waals surface area contributed by atoms with Crippen LogP contribution in [-0.2, 0) is 9.59 Å². The van der Waals surface area contributed by atoms with Gasteiger partial charge in [0.05, 0.1) is 5.92 Å². The number of amides is 2. The first kappa shape index (κ1) is 15.5. The highest BCUT2D eigenvalue weighted by Gasteiger charge is 2.35. The Kier molecular flexibility index (Phi) is 4.96. The lowest BCUT2D eigenvalue weighted by Crippen LogP contribution is -2.34. The molecule has 0 saturated carbocycles. The van der Waals surface area contributed by atoms with E-state index >= 15 is 0 Å². The van der Waals surface area contributed by atoms with Crippen molar-refractivity contribution in [2.45, 2.75) is 26.7 Å². The van der Waals surface area contributed by atoms with Crippen LogP contribution in [0.1, 0.15) is 24.0 Å². The maximum Gasteiger partial charge on any atom is 0.227 e. The monoisotopic (exact) mass is 289 g/mol. The highest BCUT2D eigenvalue weighted by atomic mass is 16.2. The third-order valence-corrected chi connectivity index (χ3v) is 4.04. The second kappa shape index (κ2) is 6.72. The van der Waals surface area contributed by atoms with Gasteiger partial charge in [0, 0.05) is 25.2 Å². The number of benzene rings is 1. The summed E-state index contributed by atoms with van der Waals surface area (Å²) < 4.78 is 0. The van der Waals surface area contributed by atoms with Crippen molar-refractivity contribution in [2.24, 2.45) is 11.7 Å². The normalized spacial score (nSPS) is 18.1. The summed E-state index contributed by atoms with van der Waals surface area (Å²) in [5.74, 6) is -0.303. The van der Waals surface area contributed by atoms with Crippen LogP contribution >= 0.6 is 0 Å². The van der Waals surface area contributed by atoms with Crippen LogP contribution in [0, 0.1) is 19.8 Å². The first-order chi connectivity index (χ1) is 10.0. The molecular weight excluding hydrogens is 266 g/mol. The van der Waals surface area contributed by atoms with Gasteiger partial charge in [-0.3, -0.25) is 9.59 Å². The van der Waals surface area contributed by atoms with Crippen molar-refractivity contribution >= 4 is 17.5 Å². The van der Waals surface area contributed by atoms with Gasteiger partial charge in [0.25, 0.3) is 0 Å². The quantitative estimate of drug-likeness (QED) is 0.798. The van der Waals surface area contributed by atoms with Crippen LogP contribution < -0.4 is 16.0 Å². The van der Waals surface area contributed by atoms with E-state index in [2.05, 4.69) is 5.32 Å². The summed E-state index contributed by atoms with van der Waals surface area (Å²) in [5.41, 5.74) is 8.56. The summed E-state index contributed by atoms with van der Waals surface area (Å²) in [6.45, 7) is 5.61. The number of hydrogen-bond donors (Lipinski definition) is 2. The van der Waals surface area contributed by atoms with Crippen LogP contribution in [-0.4, -0.2) is 31.4 Å². The molecule has 0 aromatic heterocycles. The standard InChI is InChI=1S/C16H23N3O2/c1-11-5-3-6-14(12(11)2)19-10-13(9-15(19)20)16(21)18-8-4-7-17/h3,5-6,13H,4,7-10,17H2,1-2H3,(H,18,21). The molecule has 1 fully saturated rings. The molecule has 3 N–H and O–H groups in total. The molecule has 5 heteroatoms.